The van der Waals surface area contributed by atoms with Crippen LogP contribution in [0.4, 0.5) is 5.69 Å². The molecule has 0 saturated carbocycles. The second-order valence-corrected chi connectivity index (χ2v) is 5.96. The van der Waals surface area contributed by atoms with Crippen LogP contribution in [-0.2, 0) is 0 Å². The topological polar surface area (TPSA) is 96.0 Å². The molecule has 4 aromatic rings. The number of aromatic nitrogens is 4. The Hall–Kier alpha value is -4.05. The van der Waals surface area contributed by atoms with E-state index in [0.717, 1.165) is 17.1 Å². The molecule has 0 unspecified atom stereocenters. The van der Waals surface area contributed by atoms with Gasteiger partial charge < -0.3 is 5.32 Å². The summed E-state index contributed by atoms with van der Waals surface area (Å²) in [5.41, 5.74) is 3.93. The number of carbonyl (C=O) groups excluding carboxylic acids is 1. The number of amides is 1. The molecule has 0 spiro atoms. The molecule has 4 rings (SSSR count). The minimum absolute atomic E-state index is 0.264. The van der Waals surface area contributed by atoms with Crippen molar-refractivity contribution in [3.8, 4) is 17.3 Å². The first-order valence-corrected chi connectivity index (χ1v) is 8.25. The van der Waals surface area contributed by atoms with Crippen molar-refractivity contribution in [3.63, 3.8) is 0 Å². The van der Waals surface area contributed by atoms with Crippen molar-refractivity contribution in [2.24, 2.45) is 0 Å². The van der Waals surface area contributed by atoms with Gasteiger partial charge in [0.25, 0.3) is 5.91 Å². The van der Waals surface area contributed by atoms with E-state index in [-0.39, 0.29) is 5.91 Å². The third kappa shape index (κ3) is 3.24. The highest BCUT2D eigenvalue weighted by molar-refractivity contribution is 6.04. The predicted octanol–water partition coefficient (Wildman–Crippen LogP) is 3.22. The lowest BCUT2D eigenvalue weighted by Gasteiger charge is -2.07. The number of carbonyl (C=O) groups is 1. The van der Waals surface area contributed by atoms with Crippen LogP contribution in [0.15, 0.2) is 60.7 Å². The lowest BCUT2D eigenvalue weighted by Crippen LogP contribution is -2.11. The van der Waals surface area contributed by atoms with Gasteiger partial charge in [-0.25, -0.2) is 0 Å². The summed E-state index contributed by atoms with van der Waals surface area (Å²) in [5.74, 6) is 0.454. The summed E-state index contributed by atoms with van der Waals surface area (Å²) < 4.78 is 1.69. The summed E-state index contributed by atoms with van der Waals surface area (Å²) in [6.45, 7) is 1.84. The van der Waals surface area contributed by atoms with Crippen LogP contribution in [-0.4, -0.2) is 25.7 Å². The van der Waals surface area contributed by atoms with Crippen LogP contribution in [0.1, 0.15) is 21.7 Å². The van der Waals surface area contributed by atoms with E-state index in [2.05, 4.69) is 20.6 Å². The van der Waals surface area contributed by atoms with E-state index in [4.69, 9.17) is 5.26 Å². The first-order valence-electron chi connectivity index (χ1n) is 8.25. The van der Waals surface area contributed by atoms with E-state index < -0.39 is 0 Å². The van der Waals surface area contributed by atoms with Gasteiger partial charge in [0.2, 0.25) is 0 Å². The SMILES string of the molecule is Cc1nnc2ccc(-c3ccc(NC(=O)c4cccc(C#N)c4)cc3)nn12. The molecule has 0 aliphatic heterocycles. The van der Waals surface area contributed by atoms with Crippen molar-refractivity contribution in [1.29, 1.82) is 5.26 Å². The molecule has 2 heterocycles. The maximum Gasteiger partial charge on any atom is 0.255 e. The van der Waals surface area contributed by atoms with E-state index in [9.17, 15) is 4.79 Å². The van der Waals surface area contributed by atoms with Crippen molar-refractivity contribution < 1.29 is 4.79 Å². The minimum Gasteiger partial charge on any atom is -0.322 e. The second kappa shape index (κ2) is 6.69. The van der Waals surface area contributed by atoms with Gasteiger partial charge in [-0.3, -0.25) is 4.79 Å². The molecular formula is C20H14N6O. The van der Waals surface area contributed by atoms with Gasteiger partial charge in [-0.2, -0.15) is 14.9 Å². The number of nitriles is 1. The molecule has 0 saturated heterocycles. The second-order valence-electron chi connectivity index (χ2n) is 5.96. The summed E-state index contributed by atoms with van der Waals surface area (Å²) in [4.78, 5) is 12.3. The highest BCUT2D eigenvalue weighted by Crippen LogP contribution is 2.20. The molecular weight excluding hydrogens is 340 g/mol. The molecule has 0 atom stereocenters. The number of nitrogens with one attached hydrogen (secondary N) is 1. The third-order valence-corrected chi connectivity index (χ3v) is 4.11. The number of hydrogen-bond donors (Lipinski definition) is 1. The molecule has 0 bridgehead atoms. The Balaban J connectivity index is 1.55. The van der Waals surface area contributed by atoms with Gasteiger partial charge >= 0.3 is 0 Å². The molecule has 0 fully saturated rings. The number of benzene rings is 2. The van der Waals surface area contributed by atoms with Gasteiger partial charge in [0, 0.05) is 16.8 Å². The molecule has 2 aromatic carbocycles. The first kappa shape index (κ1) is 16.4. The van der Waals surface area contributed by atoms with Crippen LogP contribution in [0, 0.1) is 18.3 Å². The zero-order valence-corrected chi connectivity index (χ0v) is 14.4. The van der Waals surface area contributed by atoms with Crippen molar-refractivity contribution in [1.82, 2.24) is 19.8 Å². The number of aryl methyl sites for hydroxylation is 1. The Morgan fingerprint density at radius 1 is 1.07 bits per heavy atom. The molecule has 7 nitrogen and oxygen atoms in total. The molecule has 1 amide bonds. The standard InChI is InChI=1S/C20H14N6O/c1-13-23-24-19-10-9-18(25-26(13)19)15-5-7-17(8-6-15)22-20(27)16-4-2-3-14(11-16)12-21/h2-11H,1H3,(H,22,27). The van der Waals surface area contributed by atoms with Gasteiger partial charge in [0.15, 0.2) is 11.5 Å². The van der Waals surface area contributed by atoms with Gasteiger partial charge in [0.1, 0.15) is 0 Å². The van der Waals surface area contributed by atoms with Crippen LogP contribution in [0.5, 0.6) is 0 Å². The Bertz CT molecular complexity index is 1190. The van der Waals surface area contributed by atoms with Crippen molar-refractivity contribution in [2.75, 3.05) is 5.32 Å². The van der Waals surface area contributed by atoms with Crippen molar-refractivity contribution in [3.05, 3.63) is 77.6 Å². The smallest absolute Gasteiger partial charge is 0.255 e. The average molecular weight is 354 g/mol. The molecule has 1 N–H and O–H groups in total. The summed E-state index contributed by atoms with van der Waals surface area (Å²) >= 11 is 0. The van der Waals surface area contributed by atoms with Gasteiger partial charge in [-0.05, 0) is 49.4 Å². The monoisotopic (exact) mass is 354 g/mol. The van der Waals surface area contributed by atoms with Crippen molar-refractivity contribution >= 4 is 17.2 Å². The maximum atomic E-state index is 12.3. The maximum absolute atomic E-state index is 12.3. The predicted molar refractivity (Wildman–Crippen MR) is 100 cm³/mol. The summed E-state index contributed by atoms with van der Waals surface area (Å²) in [7, 11) is 0. The van der Waals surface area contributed by atoms with Crippen LogP contribution < -0.4 is 5.32 Å². The number of anilines is 1. The zero-order valence-electron chi connectivity index (χ0n) is 14.4. The number of fused-ring (bicyclic) bond motifs is 1. The first-order chi connectivity index (χ1) is 13.1. The van der Waals surface area contributed by atoms with Crippen LogP contribution in [0.2, 0.25) is 0 Å². The average Bonchev–Trinajstić information content (AvgIpc) is 3.09. The summed E-state index contributed by atoms with van der Waals surface area (Å²) in [5, 5.41) is 24.3. The Morgan fingerprint density at radius 3 is 2.67 bits per heavy atom. The highest BCUT2D eigenvalue weighted by Gasteiger charge is 2.08. The molecule has 2 aromatic heterocycles. The number of rotatable bonds is 3. The molecule has 7 heteroatoms. The lowest BCUT2D eigenvalue weighted by atomic mass is 10.1. The summed E-state index contributed by atoms with van der Waals surface area (Å²) in [6.07, 6.45) is 0. The highest BCUT2D eigenvalue weighted by atomic mass is 16.1. The van der Waals surface area contributed by atoms with E-state index >= 15 is 0 Å². The normalized spacial score (nSPS) is 10.5. The molecule has 0 radical (unpaired) electrons. The van der Waals surface area contributed by atoms with E-state index in [0.29, 0.717) is 22.5 Å². The minimum atomic E-state index is -0.264. The number of nitrogens with zero attached hydrogens (tertiary/aromatic N) is 5. The fraction of sp³-hybridized carbons (Fsp3) is 0.0500. The van der Waals surface area contributed by atoms with E-state index in [1.54, 1.807) is 28.8 Å². The van der Waals surface area contributed by atoms with Gasteiger partial charge in [-0.15, -0.1) is 10.2 Å². The largest absolute Gasteiger partial charge is 0.322 e. The molecule has 0 aliphatic rings. The Kier molecular flexibility index (Phi) is 4.07. The third-order valence-electron chi connectivity index (χ3n) is 4.11. The quantitative estimate of drug-likeness (QED) is 0.609. The van der Waals surface area contributed by atoms with Crippen LogP contribution in [0.25, 0.3) is 16.9 Å². The molecule has 0 aliphatic carbocycles. The lowest BCUT2D eigenvalue weighted by molar-refractivity contribution is 0.102. The zero-order chi connectivity index (χ0) is 18.8. The Morgan fingerprint density at radius 2 is 1.89 bits per heavy atom. The van der Waals surface area contributed by atoms with Gasteiger partial charge in [-0.1, -0.05) is 18.2 Å². The number of hydrogen-bond acceptors (Lipinski definition) is 5. The van der Waals surface area contributed by atoms with Crippen LogP contribution in [0.3, 0.4) is 0 Å². The molecule has 130 valence electrons. The fourth-order valence-electron chi connectivity index (χ4n) is 2.71. The van der Waals surface area contributed by atoms with E-state index in [1.807, 2.05) is 49.4 Å². The van der Waals surface area contributed by atoms with Gasteiger partial charge in [0.05, 0.1) is 17.3 Å². The molecule has 27 heavy (non-hydrogen) atoms. The van der Waals surface area contributed by atoms with E-state index in [1.165, 1.54) is 0 Å². The summed E-state index contributed by atoms with van der Waals surface area (Å²) in [6, 6.07) is 19.7. The Labute approximate surface area is 154 Å². The van der Waals surface area contributed by atoms with Crippen molar-refractivity contribution in [2.45, 2.75) is 6.92 Å². The fourth-order valence-corrected chi connectivity index (χ4v) is 2.71. The van der Waals surface area contributed by atoms with Crippen LogP contribution >= 0.6 is 0 Å².